The molecule has 1 N–H and O–H groups in total. The summed E-state index contributed by atoms with van der Waals surface area (Å²) >= 11 is 1.76. The maximum atomic E-state index is 12.3. The van der Waals surface area contributed by atoms with Crippen LogP contribution in [0.3, 0.4) is 0 Å². The van der Waals surface area contributed by atoms with Gasteiger partial charge in [-0.15, -0.1) is 11.3 Å². The first-order valence-electron chi connectivity index (χ1n) is 11.6. The number of rotatable bonds is 9. The topological polar surface area (TPSA) is 47.0 Å². The molecule has 170 valence electrons. The molecule has 1 fully saturated rings. The summed E-state index contributed by atoms with van der Waals surface area (Å²) in [6, 6.07) is 18.3. The van der Waals surface area contributed by atoms with Gasteiger partial charge in [0, 0.05) is 17.3 Å². The number of aryl methyl sites for hydroxylation is 2. The fraction of sp³-hybridized carbons (Fsp3) is 0.333. The SMILES string of the molecule is Cc1cc2c(NCCCc3ccc(-c4ccc(OCF)cc4)cc3)nc(C3CCC3)nc2s1. The number of benzene rings is 2. The van der Waals surface area contributed by atoms with Crippen LogP contribution in [0, 0.1) is 6.92 Å². The lowest BCUT2D eigenvalue weighted by molar-refractivity contribution is 0.192. The zero-order valence-corrected chi connectivity index (χ0v) is 19.6. The van der Waals surface area contributed by atoms with E-state index in [4.69, 9.17) is 14.7 Å². The minimum absolute atomic E-state index is 0.531. The molecule has 0 spiro atoms. The minimum Gasteiger partial charge on any atom is -0.463 e. The summed E-state index contributed by atoms with van der Waals surface area (Å²) in [5.74, 6) is 3.08. The van der Waals surface area contributed by atoms with Crippen molar-refractivity contribution < 1.29 is 9.13 Å². The summed E-state index contributed by atoms with van der Waals surface area (Å²) in [7, 11) is 0. The van der Waals surface area contributed by atoms with E-state index in [9.17, 15) is 4.39 Å². The van der Waals surface area contributed by atoms with Gasteiger partial charge in [0.25, 0.3) is 0 Å². The van der Waals surface area contributed by atoms with E-state index in [1.807, 2.05) is 12.1 Å². The van der Waals surface area contributed by atoms with Crippen molar-refractivity contribution in [3.05, 3.63) is 70.9 Å². The smallest absolute Gasteiger partial charge is 0.228 e. The normalized spacial score (nSPS) is 13.8. The Bertz CT molecular complexity index is 1220. The maximum Gasteiger partial charge on any atom is 0.228 e. The zero-order valence-electron chi connectivity index (χ0n) is 18.8. The molecule has 2 aromatic heterocycles. The van der Waals surface area contributed by atoms with E-state index in [1.165, 1.54) is 29.7 Å². The van der Waals surface area contributed by atoms with Crippen LogP contribution in [0.15, 0.2) is 54.6 Å². The largest absolute Gasteiger partial charge is 0.463 e. The molecule has 1 aliphatic rings. The summed E-state index contributed by atoms with van der Waals surface area (Å²) in [5, 5.41) is 4.73. The van der Waals surface area contributed by atoms with Crippen molar-refractivity contribution in [1.29, 1.82) is 0 Å². The third kappa shape index (κ3) is 5.01. The second-order valence-electron chi connectivity index (χ2n) is 8.64. The third-order valence-corrected chi connectivity index (χ3v) is 7.25. The Balaban J connectivity index is 1.19. The first kappa shape index (κ1) is 21.8. The van der Waals surface area contributed by atoms with E-state index in [0.717, 1.165) is 52.4 Å². The number of halogens is 1. The van der Waals surface area contributed by atoms with Crippen LogP contribution in [0.25, 0.3) is 21.3 Å². The molecule has 6 heteroatoms. The van der Waals surface area contributed by atoms with Crippen molar-refractivity contribution in [3.63, 3.8) is 0 Å². The number of thiophene rings is 1. The Hall–Kier alpha value is -2.99. The van der Waals surface area contributed by atoms with Gasteiger partial charge in [0.2, 0.25) is 6.86 Å². The molecule has 0 atom stereocenters. The Kier molecular flexibility index (Phi) is 6.53. The summed E-state index contributed by atoms with van der Waals surface area (Å²) in [4.78, 5) is 12.1. The summed E-state index contributed by atoms with van der Waals surface area (Å²) in [5.41, 5.74) is 3.55. The van der Waals surface area contributed by atoms with E-state index >= 15 is 0 Å². The standard InChI is InChI=1S/C27H28FN3OS/c1-18-16-24-26(30-25(22-5-2-6-22)31-27(24)33-18)29-15-3-4-19-7-9-20(10-8-19)21-11-13-23(14-12-21)32-17-28/h7-14,16,22H,2-6,15,17H2,1H3,(H,29,30,31). The molecular formula is C27H28FN3OS. The predicted octanol–water partition coefficient (Wildman–Crippen LogP) is 7.28. The lowest BCUT2D eigenvalue weighted by Gasteiger charge is -2.24. The van der Waals surface area contributed by atoms with Crippen molar-refractivity contribution in [2.24, 2.45) is 0 Å². The van der Waals surface area contributed by atoms with Crippen LogP contribution < -0.4 is 10.1 Å². The third-order valence-electron chi connectivity index (χ3n) is 6.30. The number of nitrogens with one attached hydrogen (secondary N) is 1. The highest BCUT2D eigenvalue weighted by Crippen LogP contribution is 2.37. The summed E-state index contributed by atoms with van der Waals surface area (Å²) in [6.07, 6.45) is 5.74. The van der Waals surface area contributed by atoms with Gasteiger partial charge in [-0.2, -0.15) is 0 Å². The Morgan fingerprint density at radius 1 is 1.03 bits per heavy atom. The molecule has 4 aromatic rings. The van der Waals surface area contributed by atoms with Crippen LogP contribution in [0.5, 0.6) is 5.75 Å². The van der Waals surface area contributed by atoms with Crippen LogP contribution in [0.1, 0.15) is 47.9 Å². The van der Waals surface area contributed by atoms with Crippen molar-refractivity contribution in [3.8, 4) is 16.9 Å². The Morgan fingerprint density at radius 2 is 1.76 bits per heavy atom. The van der Waals surface area contributed by atoms with Crippen LogP contribution in [-0.4, -0.2) is 23.4 Å². The Morgan fingerprint density at radius 3 is 2.42 bits per heavy atom. The molecule has 0 amide bonds. The average molecular weight is 462 g/mol. The number of fused-ring (bicyclic) bond motifs is 1. The molecule has 2 heterocycles. The van der Waals surface area contributed by atoms with Gasteiger partial charge in [0.15, 0.2) is 0 Å². The zero-order chi connectivity index (χ0) is 22.6. The van der Waals surface area contributed by atoms with Crippen molar-refractivity contribution in [2.45, 2.75) is 44.9 Å². The van der Waals surface area contributed by atoms with E-state index < -0.39 is 6.86 Å². The number of anilines is 1. The molecule has 0 bridgehead atoms. The molecule has 4 nitrogen and oxygen atoms in total. The second-order valence-corrected chi connectivity index (χ2v) is 9.87. The van der Waals surface area contributed by atoms with Gasteiger partial charge in [-0.1, -0.05) is 42.8 Å². The van der Waals surface area contributed by atoms with Crippen LogP contribution in [0.4, 0.5) is 10.2 Å². The van der Waals surface area contributed by atoms with Crippen molar-refractivity contribution in [1.82, 2.24) is 9.97 Å². The monoisotopic (exact) mass is 461 g/mol. The van der Waals surface area contributed by atoms with Gasteiger partial charge < -0.3 is 10.1 Å². The molecule has 0 saturated heterocycles. The van der Waals surface area contributed by atoms with Gasteiger partial charge in [-0.25, -0.2) is 14.4 Å². The van der Waals surface area contributed by atoms with Gasteiger partial charge in [0.05, 0.1) is 5.39 Å². The lowest BCUT2D eigenvalue weighted by atomic mass is 9.85. The molecule has 0 unspecified atom stereocenters. The molecule has 2 aromatic carbocycles. The van der Waals surface area contributed by atoms with Gasteiger partial charge in [-0.3, -0.25) is 0 Å². The number of hydrogen-bond donors (Lipinski definition) is 1. The van der Waals surface area contributed by atoms with Crippen molar-refractivity contribution >= 4 is 27.4 Å². The lowest BCUT2D eigenvalue weighted by Crippen LogP contribution is -2.14. The van der Waals surface area contributed by atoms with Gasteiger partial charge in [0.1, 0.15) is 22.2 Å². The average Bonchev–Trinajstić information content (AvgIpc) is 3.17. The van der Waals surface area contributed by atoms with E-state index in [0.29, 0.717) is 11.7 Å². The number of hydrogen-bond acceptors (Lipinski definition) is 5. The van der Waals surface area contributed by atoms with E-state index in [1.54, 1.807) is 23.5 Å². The molecule has 1 aliphatic carbocycles. The molecule has 5 rings (SSSR count). The molecule has 0 radical (unpaired) electrons. The summed E-state index contributed by atoms with van der Waals surface area (Å²) < 4.78 is 17.1. The molecule has 1 saturated carbocycles. The van der Waals surface area contributed by atoms with E-state index in [2.05, 4.69) is 42.6 Å². The maximum absolute atomic E-state index is 12.3. The first-order valence-corrected chi connectivity index (χ1v) is 12.4. The highest BCUT2D eigenvalue weighted by molar-refractivity contribution is 7.18. The quantitative estimate of drug-likeness (QED) is 0.266. The van der Waals surface area contributed by atoms with Gasteiger partial charge >= 0.3 is 0 Å². The number of nitrogens with zero attached hydrogens (tertiary/aromatic N) is 2. The second kappa shape index (κ2) is 9.87. The highest BCUT2D eigenvalue weighted by Gasteiger charge is 2.24. The first-order chi connectivity index (χ1) is 16.2. The number of alkyl halides is 1. The number of aromatic nitrogens is 2. The number of ether oxygens (including phenoxy) is 1. The van der Waals surface area contributed by atoms with Crippen LogP contribution >= 0.6 is 11.3 Å². The molecule has 0 aliphatic heterocycles. The highest BCUT2D eigenvalue weighted by atomic mass is 32.1. The Labute approximate surface area is 197 Å². The fourth-order valence-electron chi connectivity index (χ4n) is 4.21. The summed E-state index contributed by atoms with van der Waals surface area (Å²) in [6.45, 7) is 2.21. The fourth-order valence-corrected chi connectivity index (χ4v) is 5.10. The van der Waals surface area contributed by atoms with Crippen LogP contribution in [-0.2, 0) is 6.42 Å². The van der Waals surface area contributed by atoms with Crippen LogP contribution in [0.2, 0.25) is 0 Å². The van der Waals surface area contributed by atoms with Gasteiger partial charge in [-0.05, 0) is 67.5 Å². The molecule has 33 heavy (non-hydrogen) atoms. The predicted molar refractivity (Wildman–Crippen MR) is 134 cm³/mol. The van der Waals surface area contributed by atoms with E-state index in [-0.39, 0.29) is 0 Å². The van der Waals surface area contributed by atoms with Crippen molar-refractivity contribution in [2.75, 3.05) is 18.7 Å². The minimum atomic E-state index is -0.806. The molecular weight excluding hydrogens is 433 g/mol.